The van der Waals surface area contributed by atoms with Gasteiger partial charge in [0, 0.05) is 13.0 Å². The van der Waals surface area contributed by atoms with Gasteiger partial charge in [-0.05, 0) is 15.9 Å². The first-order valence-electron chi connectivity index (χ1n) is 2.41. The quantitative estimate of drug-likeness (QED) is 0.634. The largest absolute Gasteiger partial charge is 0.390 e. The zero-order valence-corrected chi connectivity index (χ0v) is 5.89. The van der Waals surface area contributed by atoms with Crippen molar-refractivity contribution < 1.29 is 4.84 Å². The van der Waals surface area contributed by atoms with Crippen molar-refractivity contribution in [3.05, 3.63) is 0 Å². The minimum absolute atomic E-state index is 0.101. The summed E-state index contributed by atoms with van der Waals surface area (Å²) in [5, 5.41) is 3.64. The highest BCUT2D eigenvalue weighted by atomic mass is 79.9. The van der Waals surface area contributed by atoms with Crippen molar-refractivity contribution >= 4 is 20.6 Å². The second kappa shape index (κ2) is 2.46. The van der Waals surface area contributed by atoms with Crippen LogP contribution in [-0.2, 0) is 4.84 Å². The third kappa shape index (κ3) is 1.20. The van der Waals surface area contributed by atoms with Crippen molar-refractivity contribution in [2.75, 3.05) is 6.54 Å². The zero-order chi connectivity index (χ0) is 5.98. The molecule has 4 heteroatoms. The Morgan fingerprint density at radius 1 is 2.00 bits per heavy atom. The average Bonchev–Trinajstić information content (AvgIpc) is 2.14. The Hall–Kier alpha value is -0.0900. The van der Waals surface area contributed by atoms with Crippen LogP contribution in [0, 0.1) is 0 Å². The first-order valence-corrected chi connectivity index (χ1v) is 3.20. The van der Waals surface area contributed by atoms with Gasteiger partial charge in [0.2, 0.25) is 0 Å². The maximum Gasteiger partial charge on any atom is 0.145 e. The molecule has 1 atom stereocenters. The van der Waals surface area contributed by atoms with E-state index in [1.165, 1.54) is 0 Å². The molecule has 1 heterocycles. The van der Waals surface area contributed by atoms with E-state index in [1.54, 1.807) is 0 Å². The molecule has 46 valence electrons. The highest BCUT2D eigenvalue weighted by Gasteiger charge is 2.16. The molecule has 0 saturated carbocycles. The van der Waals surface area contributed by atoms with Crippen LogP contribution in [0.25, 0.3) is 0 Å². The molecule has 2 N–H and O–H groups in total. The molecule has 0 radical (unpaired) electrons. The van der Waals surface area contributed by atoms with E-state index in [0.29, 0.717) is 6.54 Å². The minimum Gasteiger partial charge on any atom is -0.390 e. The molecule has 0 amide bonds. The molecule has 0 aromatic rings. The van der Waals surface area contributed by atoms with Crippen LogP contribution in [0.1, 0.15) is 6.42 Å². The van der Waals surface area contributed by atoms with Crippen LogP contribution in [-0.4, -0.2) is 17.3 Å². The fourth-order valence-corrected chi connectivity index (χ4v) is 0.965. The van der Waals surface area contributed by atoms with Gasteiger partial charge in [-0.3, -0.25) is 0 Å². The Balaban J connectivity index is 2.32. The van der Waals surface area contributed by atoms with Gasteiger partial charge in [-0.15, -0.1) is 0 Å². The molecule has 1 aliphatic rings. The van der Waals surface area contributed by atoms with Crippen LogP contribution in [0.15, 0.2) is 5.16 Å². The van der Waals surface area contributed by atoms with Crippen molar-refractivity contribution in [3.63, 3.8) is 0 Å². The molecule has 0 aromatic carbocycles. The molecule has 1 aliphatic heterocycles. The van der Waals surface area contributed by atoms with Gasteiger partial charge < -0.3 is 10.6 Å². The molecular weight excluding hydrogens is 172 g/mol. The maximum atomic E-state index is 5.28. The van der Waals surface area contributed by atoms with Crippen LogP contribution in [0.2, 0.25) is 0 Å². The fraction of sp³-hybridized carbons (Fsp3) is 0.750. The lowest BCUT2D eigenvalue weighted by molar-refractivity contribution is 0.0919. The Morgan fingerprint density at radius 3 is 3.00 bits per heavy atom. The normalized spacial score (nSPS) is 27.2. The van der Waals surface area contributed by atoms with Crippen molar-refractivity contribution in [1.29, 1.82) is 0 Å². The molecule has 1 rings (SSSR count). The first kappa shape index (κ1) is 6.04. The van der Waals surface area contributed by atoms with Gasteiger partial charge in [0.25, 0.3) is 0 Å². The highest BCUT2D eigenvalue weighted by molar-refractivity contribution is 9.18. The summed E-state index contributed by atoms with van der Waals surface area (Å²) in [6, 6.07) is 0. The molecule has 8 heavy (non-hydrogen) atoms. The van der Waals surface area contributed by atoms with E-state index < -0.39 is 0 Å². The van der Waals surface area contributed by atoms with Gasteiger partial charge in [0.05, 0.1) is 0 Å². The highest BCUT2D eigenvalue weighted by Crippen LogP contribution is 2.12. The molecule has 3 nitrogen and oxygen atoms in total. The summed E-state index contributed by atoms with van der Waals surface area (Å²) in [4.78, 5) is 4.83. The fourth-order valence-electron chi connectivity index (χ4n) is 0.520. The predicted molar refractivity (Wildman–Crippen MR) is 34.9 cm³/mol. The summed E-state index contributed by atoms with van der Waals surface area (Å²) in [6.45, 7) is 0.540. The molecule has 0 aromatic heterocycles. The minimum atomic E-state index is 0.101. The topological polar surface area (TPSA) is 47.6 Å². The van der Waals surface area contributed by atoms with E-state index in [4.69, 9.17) is 10.6 Å². The summed E-state index contributed by atoms with van der Waals surface area (Å²) < 4.78 is 0.855. The van der Waals surface area contributed by atoms with Gasteiger partial charge in [-0.2, -0.15) is 0 Å². The van der Waals surface area contributed by atoms with Crippen molar-refractivity contribution in [2.45, 2.75) is 12.5 Å². The van der Waals surface area contributed by atoms with Gasteiger partial charge in [0.15, 0.2) is 0 Å². The van der Waals surface area contributed by atoms with E-state index in [2.05, 4.69) is 21.1 Å². The van der Waals surface area contributed by atoms with Crippen LogP contribution in [0.3, 0.4) is 0 Å². The third-order valence-electron chi connectivity index (χ3n) is 0.960. The lowest BCUT2D eigenvalue weighted by Gasteiger charge is -2.00. The summed E-state index contributed by atoms with van der Waals surface area (Å²) in [5.41, 5.74) is 5.28. The summed E-state index contributed by atoms with van der Waals surface area (Å²) in [5.74, 6) is 0. The van der Waals surface area contributed by atoms with Gasteiger partial charge in [-0.1, -0.05) is 5.16 Å². The number of oxime groups is 1. The summed E-state index contributed by atoms with van der Waals surface area (Å²) >= 11 is 3.19. The van der Waals surface area contributed by atoms with Crippen LogP contribution in [0.5, 0.6) is 0 Å². The lowest BCUT2D eigenvalue weighted by atomic mass is 10.3. The smallest absolute Gasteiger partial charge is 0.145 e. The molecule has 0 fully saturated rings. The molecule has 1 unspecified atom stereocenters. The Bertz CT molecular complexity index is 115. The van der Waals surface area contributed by atoms with Gasteiger partial charge in [-0.25, -0.2) is 0 Å². The summed E-state index contributed by atoms with van der Waals surface area (Å²) in [6.07, 6.45) is 0.917. The third-order valence-corrected chi connectivity index (χ3v) is 1.43. The lowest BCUT2D eigenvalue weighted by Crippen LogP contribution is -2.18. The average molecular weight is 179 g/mol. The van der Waals surface area contributed by atoms with Crippen LogP contribution < -0.4 is 5.73 Å². The first-order chi connectivity index (χ1) is 3.83. The van der Waals surface area contributed by atoms with E-state index in [0.717, 1.165) is 11.0 Å². The SMILES string of the molecule is NCC1CC(Br)=NO1. The number of rotatable bonds is 1. The standard InChI is InChI=1S/C4H7BrN2O/c5-4-1-3(2-6)8-7-4/h3H,1-2,6H2. The summed E-state index contributed by atoms with van der Waals surface area (Å²) in [7, 11) is 0. The van der Waals surface area contributed by atoms with E-state index in [9.17, 15) is 0 Å². The molecule has 0 spiro atoms. The van der Waals surface area contributed by atoms with E-state index in [-0.39, 0.29) is 6.10 Å². The number of hydrogen-bond acceptors (Lipinski definition) is 3. The van der Waals surface area contributed by atoms with Gasteiger partial charge >= 0.3 is 0 Å². The Morgan fingerprint density at radius 2 is 2.75 bits per heavy atom. The van der Waals surface area contributed by atoms with Crippen LogP contribution >= 0.6 is 15.9 Å². The van der Waals surface area contributed by atoms with Gasteiger partial charge in [0.1, 0.15) is 10.7 Å². The molecule has 0 bridgehead atoms. The second-order valence-corrected chi connectivity index (χ2v) is 2.55. The number of halogens is 1. The van der Waals surface area contributed by atoms with E-state index >= 15 is 0 Å². The maximum absolute atomic E-state index is 5.28. The Labute approximate surface area is 56.0 Å². The number of nitrogens with zero attached hydrogens (tertiary/aromatic N) is 1. The van der Waals surface area contributed by atoms with Crippen molar-refractivity contribution in [1.82, 2.24) is 0 Å². The number of nitrogens with two attached hydrogens (primary N) is 1. The van der Waals surface area contributed by atoms with E-state index in [1.807, 2.05) is 0 Å². The molecule has 0 aliphatic carbocycles. The second-order valence-electron chi connectivity index (χ2n) is 1.63. The zero-order valence-electron chi connectivity index (χ0n) is 4.30. The molecule has 0 saturated heterocycles. The van der Waals surface area contributed by atoms with Crippen molar-refractivity contribution in [3.8, 4) is 0 Å². The van der Waals surface area contributed by atoms with Crippen molar-refractivity contribution in [2.24, 2.45) is 10.9 Å². The monoisotopic (exact) mass is 178 g/mol. The predicted octanol–water partition coefficient (Wildman–Crippen LogP) is 0.442. The Kier molecular flexibility index (Phi) is 1.85. The molecular formula is C4H7BrN2O. The van der Waals surface area contributed by atoms with Crippen LogP contribution in [0.4, 0.5) is 0 Å². The number of hydrogen-bond donors (Lipinski definition) is 1.